The van der Waals surface area contributed by atoms with Gasteiger partial charge in [0.15, 0.2) is 0 Å². The number of nitrogens with two attached hydrogens (primary N) is 1. The first kappa shape index (κ1) is 19.7. The zero-order valence-electron chi connectivity index (χ0n) is 13.2. The summed E-state index contributed by atoms with van der Waals surface area (Å²) in [5, 5.41) is 4.21. The highest BCUT2D eigenvalue weighted by molar-refractivity contribution is 5.85. The third kappa shape index (κ3) is 5.06. The van der Waals surface area contributed by atoms with E-state index in [2.05, 4.69) is 33.1 Å². The van der Waals surface area contributed by atoms with Crippen molar-refractivity contribution >= 4 is 30.6 Å². The molecule has 8 heteroatoms. The van der Waals surface area contributed by atoms with Gasteiger partial charge in [-0.1, -0.05) is 0 Å². The van der Waals surface area contributed by atoms with E-state index >= 15 is 0 Å². The quantitative estimate of drug-likeness (QED) is 0.856. The van der Waals surface area contributed by atoms with Gasteiger partial charge in [0.1, 0.15) is 12.1 Å². The molecule has 0 saturated heterocycles. The fourth-order valence-corrected chi connectivity index (χ4v) is 2.71. The van der Waals surface area contributed by atoms with Crippen molar-refractivity contribution in [2.24, 2.45) is 5.73 Å². The van der Waals surface area contributed by atoms with Crippen molar-refractivity contribution in [2.75, 3.05) is 18.5 Å². The standard InChI is InChI=1S/C15H22N6.2ClH/c1-20(5-3-7-21-6-2-4-19-21)15-10-14(17-11-18-15)12-8-13(16)9-12;;/h2,4,6,10-13H,3,5,7-9,16H2,1H3;2*1H. The Morgan fingerprint density at radius 3 is 2.74 bits per heavy atom. The smallest absolute Gasteiger partial charge is 0.131 e. The Labute approximate surface area is 149 Å². The lowest BCUT2D eigenvalue weighted by Gasteiger charge is -2.32. The minimum Gasteiger partial charge on any atom is -0.360 e. The van der Waals surface area contributed by atoms with E-state index < -0.39 is 0 Å². The molecule has 0 amide bonds. The number of aryl methyl sites for hydroxylation is 1. The first-order valence-electron chi connectivity index (χ1n) is 7.48. The van der Waals surface area contributed by atoms with Crippen molar-refractivity contribution in [3.8, 4) is 0 Å². The van der Waals surface area contributed by atoms with E-state index in [4.69, 9.17) is 5.73 Å². The molecular formula is C15H24Cl2N6. The van der Waals surface area contributed by atoms with Gasteiger partial charge in [0.2, 0.25) is 0 Å². The van der Waals surface area contributed by atoms with E-state index in [0.717, 1.165) is 43.9 Å². The molecule has 1 aliphatic carbocycles. The van der Waals surface area contributed by atoms with Crippen LogP contribution in [-0.2, 0) is 6.54 Å². The topological polar surface area (TPSA) is 72.9 Å². The van der Waals surface area contributed by atoms with Crippen molar-refractivity contribution in [1.29, 1.82) is 0 Å². The summed E-state index contributed by atoms with van der Waals surface area (Å²) in [5.74, 6) is 1.50. The highest BCUT2D eigenvalue weighted by atomic mass is 35.5. The van der Waals surface area contributed by atoms with Gasteiger partial charge in [-0.05, 0) is 25.3 Å². The SMILES string of the molecule is CN(CCCn1cccn1)c1cc(C2CC(N)C2)ncn1.Cl.Cl. The third-order valence-corrected chi connectivity index (χ3v) is 4.10. The predicted molar refractivity (Wildman–Crippen MR) is 96.6 cm³/mol. The molecular weight excluding hydrogens is 335 g/mol. The molecule has 1 saturated carbocycles. The fraction of sp³-hybridized carbons (Fsp3) is 0.533. The van der Waals surface area contributed by atoms with Gasteiger partial charge in [0.05, 0.1) is 0 Å². The van der Waals surface area contributed by atoms with Crippen LogP contribution in [0.2, 0.25) is 0 Å². The molecule has 128 valence electrons. The van der Waals surface area contributed by atoms with E-state index in [1.807, 2.05) is 23.1 Å². The van der Waals surface area contributed by atoms with E-state index in [-0.39, 0.29) is 24.8 Å². The Morgan fingerprint density at radius 1 is 1.30 bits per heavy atom. The molecule has 6 nitrogen and oxygen atoms in total. The van der Waals surface area contributed by atoms with Crippen LogP contribution in [0.25, 0.3) is 0 Å². The molecule has 2 aromatic rings. The molecule has 1 fully saturated rings. The second kappa shape index (κ2) is 9.05. The van der Waals surface area contributed by atoms with Gasteiger partial charge < -0.3 is 10.6 Å². The van der Waals surface area contributed by atoms with Crippen LogP contribution in [0.15, 0.2) is 30.9 Å². The average Bonchev–Trinajstić information content (AvgIpc) is 2.97. The normalized spacial score (nSPS) is 19.2. The summed E-state index contributed by atoms with van der Waals surface area (Å²) in [4.78, 5) is 10.9. The lowest BCUT2D eigenvalue weighted by Crippen LogP contribution is -2.35. The number of nitrogens with zero attached hydrogens (tertiary/aromatic N) is 5. The maximum absolute atomic E-state index is 5.85. The van der Waals surface area contributed by atoms with Gasteiger partial charge in [0, 0.05) is 56.3 Å². The number of hydrogen-bond acceptors (Lipinski definition) is 5. The number of hydrogen-bond donors (Lipinski definition) is 1. The fourth-order valence-electron chi connectivity index (χ4n) is 2.71. The van der Waals surface area contributed by atoms with Gasteiger partial charge in [-0.2, -0.15) is 5.10 Å². The minimum absolute atomic E-state index is 0. The molecule has 2 heterocycles. The molecule has 1 aliphatic rings. The van der Waals surface area contributed by atoms with Crippen molar-refractivity contribution in [3.05, 3.63) is 36.5 Å². The number of anilines is 1. The lowest BCUT2D eigenvalue weighted by atomic mass is 9.78. The van der Waals surface area contributed by atoms with Gasteiger partial charge >= 0.3 is 0 Å². The van der Waals surface area contributed by atoms with Crippen LogP contribution in [0.1, 0.15) is 30.9 Å². The predicted octanol–water partition coefficient (Wildman–Crippen LogP) is 2.25. The van der Waals surface area contributed by atoms with Crippen molar-refractivity contribution in [2.45, 2.75) is 37.8 Å². The van der Waals surface area contributed by atoms with Gasteiger partial charge in [-0.25, -0.2) is 9.97 Å². The first-order valence-corrected chi connectivity index (χ1v) is 7.48. The summed E-state index contributed by atoms with van der Waals surface area (Å²) in [7, 11) is 2.07. The Balaban J connectivity index is 0.00000132. The van der Waals surface area contributed by atoms with Crippen LogP contribution in [-0.4, -0.2) is 39.4 Å². The molecule has 2 N–H and O–H groups in total. The van der Waals surface area contributed by atoms with E-state index in [1.54, 1.807) is 6.33 Å². The van der Waals surface area contributed by atoms with Gasteiger partial charge in [-0.15, -0.1) is 24.8 Å². The van der Waals surface area contributed by atoms with Gasteiger partial charge in [0.25, 0.3) is 0 Å². The van der Waals surface area contributed by atoms with Crippen molar-refractivity contribution < 1.29 is 0 Å². The lowest BCUT2D eigenvalue weighted by molar-refractivity contribution is 0.345. The third-order valence-electron chi connectivity index (χ3n) is 4.10. The molecule has 0 radical (unpaired) electrons. The van der Waals surface area contributed by atoms with E-state index in [9.17, 15) is 0 Å². The Bertz CT molecular complexity index is 571. The molecule has 3 rings (SSSR count). The summed E-state index contributed by atoms with van der Waals surface area (Å²) in [6, 6.07) is 4.40. The van der Waals surface area contributed by atoms with Crippen LogP contribution in [0.5, 0.6) is 0 Å². The first-order chi connectivity index (χ1) is 10.2. The number of halogens is 2. The Kier molecular flexibility index (Phi) is 7.75. The second-order valence-electron chi connectivity index (χ2n) is 5.77. The number of rotatable bonds is 6. The molecule has 0 atom stereocenters. The molecule has 0 spiro atoms. The van der Waals surface area contributed by atoms with E-state index in [0.29, 0.717) is 12.0 Å². The maximum Gasteiger partial charge on any atom is 0.131 e. The Morgan fingerprint density at radius 2 is 2.09 bits per heavy atom. The number of aromatic nitrogens is 4. The Hall–Kier alpha value is -1.37. The van der Waals surface area contributed by atoms with Crippen molar-refractivity contribution in [1.82, 2.24) is 19.7 Å². The van der Waals surface area contributed by atoms with Gasteiger partial charge in [-0.3, -0.25) is 4.68 Å². The van der Waals surface area contributed by atoms with E-state index in [1.165, 1.54) is 0 Å². The summed E-state index contributed by atoms with van der Waals surface area (Å²) >= 11 is 0. The molecule has 0 bridgehead atoms. The second-order valence-corrected chi connectivity index (χ2v) is 5.77. The minimum atomic E-state index is 0. The molecule has 0 aromatic carbocycles. The summed E-state index contributed by atoms with van der Waals surface area (Å²) in [6.45, 7) is 1.87. The molecule has 0 aliphatic heterocycles. The zero-order valence-corrected chi connectivity index (χ0v) is 14.8. The maximum atomic E-state index is 5.85. The summed E-state index contributed by atoms with van der Waals surface area (Å²) in [5.41, 5.74) is 6.98. The van der Waals surface area contributed by atoms with Crippen LogP contribution < -0.4 is 10.6 Å². The molecule has 0 unspecified atom stereocenters. The van der Waals surface area contributed by atoms with Crippen LogP contribution in [0.4, 0.5) is 5.82 Å². The summed E-state index contributed by atoms with van der Waals surface area (Å²) in [6.07, 6.45) is 8.58. The monoisotopic (exact) mass is 358 g/mol. The highest BCUT2D eigenvalue weighted by Crippen LogP contribution is 2.35. The molecule has 23 heavy (non-hydrogen) atoms. The van der Waals surface area contributed by atoms with Crippen LogP contribution in [0.3, 0.4) is 0 Å². The average molecular weight is 359 g/mol. The largest absolute Gasteiger partial charge is 0.360 e. The van der Waals surface area contributed by atoms with Crippen molar-refractivity contribution in [3.63, 3.8) is 0 Å². The summed E-state index contributed by atoms with van der Waals surface area (Å²) < 4.78 is 1.95. The van der Waals surface area contributed by atoms with Crippen LogP contribution in [0, 0.1) is 0 Å². The highest BCUT2D eigenvalue weighted by Gasteiger charge is 2.28. The zero-order chi connectivity index (χ0) is 14.7. The molecule has 2 aromatic heterocycles. The van der Waals surface area contributed by atoms with Crippen LogP contribution >= 0.6 is 24.8 Å².